The number of hydrogen-bond acceptors (Lipinski definition) is 4. The molecule has 0 bridgehead atoms. The zero-order valence-corrected chi connectivity index (χ0v) is 11.3. The highest BCUT2D eigenvalue weighted by molar-refractivity contribution is 9.10. The van der Waals surface area contributed by atoms with Gasteiger partial charge >= 0.3 is 0 Å². The number of tetrazole rings is 1. The molecule has 0 N–H and O–H groups in total. The van der Waals surface area contributed by atoms with Gasteiger partial charge in [0.1, 0.15) is 0 Å². The van der Waals surface area contributed by atoms with Crippen molar-refractivity contribution in [3.05, 3.63) is 4.73 Å². The summed E-state index contributed by atoms with van der Waals surface area (Å²) in [6.07, 6.45) is 0. The first-order valence-electron chi connectivity index (χ1n) is 4.48. The monoisotopic (exact) mass is 278 g/mol. The molecule has 5 nitrogen and oxygen atoms in total. The quantitative estimate of drug-likeness (QED) is 0.608. The Labute approximate surface area is 93.0 Å². The Morgan fingerprint density at radius 2 is 2.14 bits per heavy atom. The van der Waals surface area contributed by atoms with Crippen molar-refractivity contribution < 1.29 is 4.74 Å². The highest BCUT2D eigenvalue weighted by atomic mass is 79.9. The predicted octanol–water partition coefficient (Wildman–Crippen LogP) is 1.75. The van der Waals surface area contributed by atoms with Crippen LogP contribution in [0.5, 0.6) is 0 Å². The molecule has 7 heteroatoms. The summed E-state index contributed by atoms with van der Waals surface area (Å²) in [7, 11) is -0.990. The number of ether oxygens (including phenoxy) is 1. The van der Waals surface area contributed by atoms with Gasteiger partial charge in [0.05, 0.1) is 0 Å². The summed E-state index contributed by atoms with van der Waals surface area (Å²) in [5.41, 5.74) is 0. The molecule has 1 aromatic rings. The average Bonchev–Trinajstić information content (AvgIpc) is 2.44. The number of aromatic nitrogens is 4. The fourth-order valence-corrected chi connectivity index (χ4v) is 1.81. The second-order valence-electron chi connectivity index (χ2n) is 4.28. The molecule has 0 unspecified atom stereocenters. The van der Waals surface area contributed by atoms with Crippen molar-refractivity contribution in [2.24, 2.45) is 0 Å². The number of hydrogen-bond donors (Lipinski definition) is 0. The van der Waals surface area contributed by atoms with E-state index in [-0.39, 0.29) is 0 Å². The second-order valence-corrected chi connectivity index (χ2v) is 10.6. The van der Waals surface area contributed by atoms with Crippen LogP contribution in [0.15, 0.2) is 4.73 Å². The van der Waals surface area contributed by atoms with Crippen LogP contribution in [0.25, 0.3) is 0 Å². The fraction of sp³-hybridized carbons (Fsp3) is 0.857. The van der Waals surface area contributed by atoms with E-state index >= 15 is 0 Å². The highest BCUT2D eigenvalue weighted by Gasteiger charge is 2.12. The molecule has 0 saturated heterocycles. The van der Waals surface area contributed by atoms with Crippen molar-refractivity contribution in [3.8, 4) is 0 Å². The predicted molar refractivity (Wildman–Crippen MR) is 59.6 cm³/mol. The van der Waals surface area contributed by atoms with Crippen LogP contribution in [0.1, 0.15) is 0 Å². The van der Waals surface area contributed by atoms with Gasteiger partial charge in [-0.25, -0.2) is 0 Å². The third kappa shape index (κ3) is 4.82. The first-order chi connectivity index (χ1) is 6.47. The number of rotatable bonds is 5. The van der Waals surface area contributed by atoms with Gasteiger partial charge in [-0.15, -0.1) is 15.0 Å². The van der Waals surface area contributed by atoms with Crippen LogP contribution in [0.3, 0.4) is 0 Å². The molecule has 1 aromatic heterocycles. The van der Waals surface area contributed by atoms with Crippen molar-refractivity contribution in [2.75, 3.05) is 6.61 Å². The van der Waals surface area contributed by atoms with Crippen molar-refractivity contribution in [1.29, 1.82) is 0 Å². The zero-order chi connectivity index (χ0) is 10.6. The highest BCUT2D eigenvalue weighted by Crippen LogP contribution is 2.07. The summed E-state index contributed by atoms with van der Waals surface area (Å²) in [5, 5.41) is 11.4. The molecule has 1 rings (SSSR count). The molecule has 0 aliphatic rings. The molecular formula is C7H15BrN4OSi. The maximum atomic E-state index is 5.42. The third-order valence-corrected chi connectivity index (χ3v) is 3.65. The Hall–Kier alpha value is -0.273. The van der Waals surface area contributed by atoms with E-state index in [2.05, 4.69) is 51.0 Å². The lowest BCUT2D eigenvalue weighted by Gasteiger charge is -2.14. The van der Waals surface area contributed by atoms with Crippen molar-refractivity contribution in [3.63, 3.8) is 0 Å². The fourth-order valence-electron chi connectivity index (χ4n) is 0.803. The Morgan fingerprint density at radius 3 is 2.64 bits per heavy atom. The van der Waals surface area contributed by atoms with Crippen LogP contribution in [0.2, 0.25) is 25.7 Å². The molecule has 0 fully saturated rings. The largest absolute Gasteiger partial charge is 0.358 e. The Bertz CT molecular complexity index is 285. The molecule has 14 heavy (non-hydrogen) atoms. The minimum atomic E-state index is -0.990. The van der Waals surface area contributed by atoms with E-state index in [0.29, 0.717) is 11.5 Å². The number of nitrogens with zero attached hydrogens (tertiary/aromatic N) is 4. The van der Waals surface area contributed by atoms with E-state index in [0.717, 1.165) is 12.7 Å². The van der Waals surface area contributed by atoms with E-state index in [1.165, 1.54) is 4.80 Å². The van der Waals surface area contributed by atoms with Crippen LogP contribution in [-0.2, 0) is 11.5 Å². The first-order valence-corrected chi connectivity index (χ1v) is 8.98. The molecule has 0 spiro atoms. The standard InChI is InChI=1S/C7H15BrN4OSi/c1-14(2,3)5-4-13-6-12-10-7(8)9-11-12/h4-6H2,1-3H3. The van der Waals surface area contributed by atoms with Crippen LogP contribution >= 0.6 is 15.9 Å². The molecule has 0 aliphatic heterocycles. The van der Waals surface area contributed by atoms with Gasteiger partial charge in [0.15, 0.2) is 6.73 Å². The third-order valence-electron chi connectivity index (χ3n) is 1.63. The summed E-state index contributed by atoms with van der Waals surface area (Å²) in [6.45, 7) is 8.11. The van der Waals surface area contributed by atoms with Gasteiger partial charge in [0, 0.05) is 14.7 Å². The summed E-state index contributed by atoms with van der Waals surface area (Å²) in [6, 6.07) is 1.16. The summed E-state index contributed by atoms with van der Waals surface area (Å²) < 4.78 is 5.91. The molecule has 0 radical (unpaired) electrons. The molecule has 80 valence electrons. The minimum absolute atomic E-state index is 0.378. The van der Waals surface area contributed by atoms with Crippen LogP contribution in [0, 0.1) is 0 Å². The summed E-state index contributed by atoms with van der Waals surface area (Å²) >= 11 is 3.12. The summed E-state index contributed by atoms with van der Waals surface area (Å²) in [5.74, 6) is 0. The van der Waals surface area contributed by atoms with Crippen molar-refractivity contribution >= 4 is 24.0 Å². The molecular weight excluding hydrogens is 264 g/mol. The maximum Gasteiger partial charge on any atom is 0.239 e. The molecule has 1 heterocycles. The van der Waals surface area contributed by atoms with Gasteiger partial charge in [0.2, 0.25) is 4.73 Å². The Kier molecular flexibility index (Phi) is 4.21. The lowest BCUT2D eigenvalue weighted by atomic mass is 10.8. The van der Waals surface area contributed by atoms with Gasteiger partial charge in [-0.3, -0.25) is 0 Å². The topological polar surface area (TPSA) is 52.8 Å². The molecule has 0 saturated carbocycles. The van der Waals surface area contributed by atoms with E-state index in [1.54, 1.807) is 0 Å². The lowest BCUT2D eigenvalue weighted by molar-refractivity contribution is 0.0672. The zero-order valence-electron chi connectivity index (χ0n) is 8.70. The number of halogens is 1. The van der Waals surface area contributed by atoms with Crippen LogP contribution in [0.4, 0.5) is 0 Å². The van der Waals surface area contributed by atoms with E-state index in [9.17, 15) is 0 Å². The van der Waals surface area contributed by atoms with Crippen LogP contribution in [-0.4, -0.2) is 34.9 Å². The maximum absolute atomic E-state index is 5.42. The molecule has 0 aliphatic carbocycles. The molecule has 0 aromatic carbocycles. The SMILES string of the molecule is C[Si](C)(C)CCOCn1nnc(Br)n1. The van der Waals surface area contributed by atoms with E-state index in [1.807, 2.05) is 0 Å². The van der Waals surface area contributed by atoms with Gasteiger partial charge < -0.3 is 4.74 Å². The van der Waals surface area contributed by atoms with Gasteiger partial charge in [-0.05, 0) is 27.2 Å². The van der Waals surface area contributed by atoms with E-state index < -0.39 is 8.07 Å². The Balaban J connectivity index is 2.16. The minimum Gasteiger partial charge on any atom is -0.358 e. The first kappa shape index (κ1) is 11.8. The van der Waals surface area contributed by atoms with Gasteiger partial charge in [-0.2, -0.15) is 0 Å². The average molecular weight is 279 g/mol. The lowest BCUT2D eigenvalue weighted by Crippen LogP contribution is -2.22. The summed E-state index contributed by atoms with van der Waals surface area (Å²) in [4.78, 5) is 1.42. The van der Waals surface area contributed by atoms with Crippen molar-refractivity contribution in [1.82, 2.24) is 20.2 Å². The van der Waals surface area contributed by atoms with Crippen molar-refractivity contribution in [2.45, 2.75) is 32.4 Å². The van der Waals surface area contributed by atoms with Gasteiger partial charge in [0.25, 0.3) is 0 Å². The smallest absolute Gasteiger partial charge is 0.239 e. The van der Waals surface area contributed by atoms with E-state index in [4.69, 9.17) is 4.74 Å². The second kappa shape index (κ2) is 4.99. The normalized spacial score (nSPS) is 12.0. The molecule has 0 amide bonds. The Morgan fingerprint density at radius 1 is 1.43 bits per heavy atom. The van der Waals surface area contributed by atoms with Crippen LogP contribution < -0.4 is 0 Å². The molecule has 0 atom stereocenters. The van der Waals surface area contributed by atoms with Gasteiger partial charge in [-0.1, -0.05) is 19.6 Å².